The molecule has 4 aromatic rings. The number of nitrogens with one attached hydrogen (secondary N) is 3. The highest BCUT2D eigenvalue weighted by Crippen LogP contribution is 2.35. The molecule has 3 N–H and O–H groups in total. The molecule has 2 aromatic carbocycles. The number of carbonyl (C=O) groups excluding carboxylic acids is 2. The monoisotopic (exact) mass is 427 g/mol. The van der Waals surface area contributed by atoms with Gasteiger partial charge in [-0.15, -0.1) is 0 Å². The lowest BCUT2D eigenvalue weighted by molar-refractivity contribution is -0.119. The summed E-state index contributed by atoms with van der Waals surface area (Å²) in [6, 6.07) is 15.0. The molecule has 0 unspecified atom stereocenters. The number of carbonyl (C=O) groups is 2. The van der Waals surface area contributed by atoms with Crippen LogP contribution in [0.5, 0.6) is 11.6 Å². The van der Waals surface area contributed by atoms with Crippen molar-refractivity contribution in [1.82, 2.24) is 20.3 Å². The zero-order valence-electron chi connectivity index (χ0n) is 17.4. The molecule has 0 aliphatic heterocycles. The Kier molecular flexibility index (Phi) is 5.03. The second-order valence-electron chi connectivity index (χ2n) is 7.68. The minimum Gasteiger partial charge on any atom is -0.437 e. The van der Waals surface area contributed by atoms with E-state index in [9.17, 15) is 9.59 Å². The summed E-state index contributed by atoms with van der Waals surface area (Å²) in [6.45, 7) is 1.52. The summed E-state index contributed by atoms with van der Waals surface area (Å²) >= 11 is 0. The first-order valence-electron chi connectivity index (χ1n) is 10.3. The summed E-state index contributed by atoms with van der Waals surface area (Å²) in [7, 11) is 0. The van der Waals surface area contributed by atoms with Crippen molar-refractivity contribution in [2.45, 2.75) is 25.8 Å². The fourth-order valence-corrected chi connectivity index (χ4v) is 3.98. The molecule has 2 amide bonds. The molecule has 8 nitrogen and oxygen atoms in total. The highest BCUT2D eigenvalue weighted by molar-refractivity contribution is 6.11. The maximum atomic E-state index is 12.7. The van der Waals surface area contributed by atoms with Gasteiger partial charge in [0.1, 0.15) is 11.3 Å². The van der Waals surface area contributed by atoms with E-state index in [1.807, 2.05) is 48.5 Å². The highest BCUT2D eigenvalue weighted by Gasteiger charge is 2.24. The van der Waals surface area contributed by atoms with E-state index >= 15 is 0 Å². The number of amides is 2. The maximum absolute atomic E-state index is 12.7. The second-order valence-corrected chi connectivity index (χ2v) is 7.68. The standard InChI is InChI=1S/C24H21N5O3/c1-14(30)27-20-10-8-15-7-9-17(11-18(15)20)32-21-13-26-23-22(29-21)19(12-25-23)24(31)28-16-5-3-2-4-6-16/h2-7,9,11-13,20H,8,10H2,1H3,(H,25,26)(H,27,30)(H,28,31)/t20-/m1/s1. The van der Waals surface area contributed by atoms with Gasteiger partial charge >= 0.3 is 0 Å². The molecule has 0 spiro atoms. The summed E-state index contributed by atoms with van der Waals surface area (Å²) in [6.07, 6.45) is 4.87. The second kappa shape index (κ2) is 8.14. The van der Waals surface area contributed by atoms with Crippen LogP contribution in [0.15, 0.2) is 60.9 Å². The molecule has 1 atom stereocenters. The molecule has 0 bridgehead atoms. The molecular formula is C24H21N5O3. The number of para-hydroxylation sites is 1. The Hall–Kier alpha value is -4.20. The van der Waals surface area contributed by atoms with Crippen molar-refractivity contribution in [2.75, 3.05) is 5.32 Å². The Morgan fingerprint density at radius 1 is 1.16 bits per heavy atom. The number of anilines is 1. The number of H-pyrrole nitrogens is 1. The lowest BCUT2D eigenvalue weighted by Crippen LogP contribution is -2.24. The molecule has 32 heavy (non-hydrogen) atoms. The number of rotatable bonds is 5. The molecule has 0 radical (unpaired) electrons. The van der Waals surface area contributed by atoms with Crippen molar-refractivity contribution in [3.8, 4) is 11.6 Å². The van der Waals surface area contributed by atoms with Crippen LogP contribution in [0.2, 0.25) is 0 Å². The third-order valence-corrected chi connectivity index (χ3v) is 5.43. The van der Waals surface area contributed by atoms with E-state index in [1.54, 1.807) is 6.20 Å². The van der Waals surface area contributed by atoms with Crippen LogP contribution in [0.1, 0.15) is 40.9 Å². The lowest BCUT2D eigenvalue weighted by Gasteiger charge is -2.13. The Balaban J connectivity index is 1.39. The molecule has 1 aliphatic rings. The molecule has 1 aliphatic carbocycles. The van der Waals surface area contributed by atoms with Gasteiger partial charge in [0.15, 0.2) is 5.65 Å². The van der Waals surface area contributed by atoms with Crippen LogP contribution >= 0.6 is 0 Å². The van der Waals surface area contributed by atoms with Crippen LogP contribution < -0.4 is 15.4 Å². The number of hydrogen-bond acceptors (Lipinski definition) is 5. The fourth-order valence-electron chi connectivity index (χ4n) is 3.98. The van der Waals surface area contributed by atoms with Gasteiger partial charge in [-0.2, -0.15) is 0 Å². The van der Waals surface area contributed by atoms with Gasteiger partial charge in [0.2, 0.25) is 11.8 Å². The summed E-state index contributed by atoms with van der Waals surface area (Å²) in [5.74, 6) is 0.532. The summed E-state index contributed by atoms with van der Waals surface area (Å²) in [4.78, 5) is 36.0. The van der Waals surface area contributed by atoms with E-state index in [1.165, 1.54) is 18.7 Å². The molecular weight excluding hydrogens is 406 g/mol. The average Bonchev–Trinajstić information content (AvgIpc) is 3.38. The molecule has 0 fully saturated rings. The minimum atomic E-state index is -0.287. The zero-order valence-corrected chi connectivity index (χ0v) is 17.4. The third kappa shape index (κ3) is 3.90. The van der Waals surface area contributed by atoms with E-state index in [-0.39, 0.29) is 23.7 Å². The van der Waals surface area contributed by atoms with Crippen molar-refractivity contribution in [3.63, 3.8) is 0 Å². The number of aryl methyl sites for hydroxylation is 1. The Morgan fingerprint density at radius 2 is 2.00 bits per heavy atom. The Bertz CT molecular complexity index is 1320. The Labute approximate surface area is 184 Å². The average molecular weight is 427 g/mol. The normalized spacial score (nSPS) is 14.7. The topological polar surface area (TPSA) is 109 Å². The van der Waals surface area contributed by atoms with E-state index in [2.05, 4.69) is 25.6 Å². The van der Waals surface area contributed by atoms with E-state index in [0.717, 1.165) is 18.4 Å². The van der Waals surface area contributed by atoms with Crippen LogP contribution in [0, 0.1) is 0 Å². The van der Waals surface area contributed by atoms with Crippen LogP contribution in [0.3, 0.4) is 0 Å². The van der Waals surface area contributed by atoms with Crippen molar-refractivity contribution in [1.29, 1.82) is 0 Å². The van der Waals surface area contributed by atoms with Crippen LogP contribution in [-0.4, -0.2) is 26.8 Å². The maximum Gasteiger partial charge on any atom is 0.259 e. The fraction of sp³-hybridized carbons (Fsp3) is 0.167. The number of aromatic amines is 1. The number of ether oxygens (including phenoxy) is 1. The van der Waals surface area contributed by atoms with Gasteiger partial charge in [0, 0.05) is 18.8 Å². The Morgan fingerprint density at radius 3 is 2.81 bits per heavy atom. The van der Waals surface area contributed by atoms with Crippen molar-refractivity contribution in [2.24, 2.45) is 0 Å². The minimum absolute atomic E-state index is 0.0161. The first kappa shape index (κ1) is 19.7. The van der Waals surface area contributed by atoms with Gasteiger partial charge in [0.05, 0.1) is 17.8 Å². The SMILES string of the molecule is CC(=O)N[C@@H]1CCc2ccc(Oc3cnc4[nH]cc(C(=O)Nc5ccccc5)c4n3)cc21. The largest absolute Gasteiger partial charge is 0.437 e. The highest BCUT2D eigenvalue weighted by atomic mass is 16.5. The predicted octanol–water partition coefficient (Wildman–Crippen LogP) is 4.13. The molecule has 2 heterocycles. The summed E-state index contributed by atoms with van der Waals surface area (Å²) in [5, 5.41) is 5.83. The van der Waals surface area contributed by atoms with Crippen molar-refractivity contribution >= 4 is 28.7 Å². The smallest absolute Gasteiger partial charge is 0.259 e. The number of benzene rings is 2. The van der Waals surface area contributed by atoms with Crippen LogP contribution in [-0.2, 0) is 11.2 Å². The molecule has 160 valence electrons. The number of hydrogen-bond donors (Lipinski definition) is 3. The summed E-state index contributed by atoms with van der Waals surface area (Å²) < 4.78 is 5.96. The molecule has 2 aromatic heterocycles. The van der Waals surface area contributed by atoms with E-state index < -0.39 is 0 Å². The number of fused-ring (bicyclic) bond motifs is 2. The van der Waals surface area contributed by atoms with E-state index in [4.69, 9.17) is 4.74 Å². The van der Waals surface area contributed by atoms with Crippen molar-refractivity contribution in [3.05, 3.63) is 77.6 Å². The first-order chi connectivity index (χ1) is 15.6. The van der Waals surface area contributed by atoms with Gasteiger partial charge in [-0.3, -0.25) is 9.59 Å². The molecule has 5 rings (SSSR count). The van der Waals surface area contributed by atoms with Gasteiger partial charge in [-0.1, -0.05) is 24.3 Å². The van der Waals surface area contributed by atoms with Crippen LogP contribution in [0.25, 0.3) is 11.2 Å². The quantitative estimate of drug-likeness (QED) is 0.444. The van der Waals surface area contributed by atoms with Gasteiger partial charge < -0.3 is 20.4 Å². The van der Waals surface area contributed by atoms with Crippen molar-refractivity contribution < 1.29 is 14.3 Å². The third-order valence-electron chi connectivity index (χ3n) is 5.43. The van der Waals surface area contributed by atoms with Gasteiger partial charge in [-0.25, -0.2) is 9.97 Å². The molecule has 0 saturated heterocycles. The number of aromatic nitrogens is 3. The van der Waals surface area contributed by atoms with E-state index in [0.29, 0.717) is 28.2 Å². The molecule has 8 heteroatoms. The first-order valence-corrected chi connectivity index (χ1v) is 10.3. The zero-order chi connectivity index (χ0) is 22.1. The summed E-state index contributed by atoms with van der Waals surface area (Å²) in [5.41, 5.74) is 4.24. The predicted molar refractivity (Wildman–Crippen MR) is 120 cm³/mol. The van der Waals surface area contributed by atoms with Gasteiger partial charge in [0.25, 0.3) is 5.91 Å². The van der Waals surface area contributed by atoms with Gasteiger partial charge in [-0.05, 0) is 48.2 Å². The molecule has 0 saturated carbocycles. The number of nitrogens with zero attached hydrogens (tertiary/aromatic N) is 2. The lowest BCUT2D eigenvalue weighted by atomic mass is 10.1. The van der Waals surface area contributed by atoms with Crippen LogP contribution in [0.4, 0.5) is 5.69 Å².